The van der Waals surface area contributed by atoms with Crippen LogP contribution < -0.4 is 5.32 Å². The van der Waals surface area contributed by atoms with Gasteiger partial charge < -0.3 is 10.2 Å². The fourth-order valence-corrected chi connectivity index (χ4v) is 2.49. The smallest absolute Gasteiger partial charge is 0.357 e. The molecule has 1 saturated heterocycles. The molecule has 1 unspecified atom stereocenters. The Morgan fingerprint density at radius 3 is 2.61 bits per heavy atom. The van der Waals surface area contributed by atoms with Crippen molar-refractivity contribution in [1.29, 1.82) is 0 Å². The summed E-state index contributed by atoms with van der Waals surface area (Å²) in [5.41, 5.74) is 0.893. The lowest BCUT2D eigenvalue weighted by atomic mass is 10.2. The summed E-state index contributed by atoms with van der Waals surface area (Å²) in [5, 5.41) is 9.90. The van der Waals surface area contributed by atoms with Crippen LogP contribution in [0.2, 0.25) is 0 Å². The monoisotopic (exact) mass is 332 g/mol. The van der Waals surface area contributed by atoms with Crippen molar-refractivity contribution in [2.24, 2.45) is 4.99 Å². The maximum atomic E-state index is 12.8. The normalized spacial score (nSPS) is 19.0. The van der Waals surface area contributed by atoms with Crippen molar-refractivity contribution < 1.29 is 13.2 Å². The lowest BCUT2D eigenvalue weighted by Gasteiger charge is -2.39. The Morgan fingerprint density at radius 1 is 1.39 bits per heavy atom. The van der Waals surface area contributed by atoms with E-state index in [0.717, 1.165) is 11.7 Å². The molecule has 23 heavy (non-hydrogen) atoms. The molecule has 1 aromatic heterocycles. The van der Waals surface area contributed by atoms with Crippen molar-refractivity contribution in [1.82, 2.24) is 25.3 Å². The third-order valence-corrected chi connectivity index (χ3v) is 3.93. The van der Waals surface area contributed by atoms with Gasteiger partial charge in [0.25, 0.3) is 0 Å². The van der Waals surface area contributed by atoms with Crippen LogP contribution in [-0.4, -0.2) is 70.9 Å². The van der Waals surface area contributed by atoms with Gasteiger partial charge >= 0.3 is 6.18 Å². The van der Waals surface area contributed by atoms with Gasteiger partial charge in [0, 0.05) is 38.9 Å². The molecule has 1 fully saturated rings. The fourth-order valence-electron chi connectivity index (χ4n) is 2.49. The van der Waals surface area contributed by atoms with Crippen LogP contribution >= 0.6 is 0 Å². The van der Waals surface area contributed by atoms with Gasteiger partial charge in [-0.2, -0.15) is 18.3 Å². The topological polar surface area (TPSA) is 59.6 Å². The summed E-state index contributed by atoms with van der Waals surface area (Å²) in [7, 11) is 0. The second-order valence-corrected chi connectivity index (χ2v) is 5.49. The SMILES string of the molecule is CCNC(=NCc1ccn[nH]1)N1CCN(C(C)C(F)(F)F)CC1. The van der Waals surface area contributed by atoms with Crippen molar-refractivity contribution >= 4 is 5.96 Å². The molecule has 130 valence electrons. The second kappa shape index (κ2) is 7.67. The fraction of sp³-hybridized carbons (Fsp3) is 0.714. The first-order valence-electron chi connectivity index (χ1n) is 7.74. The number of aromatic amines is 1. The van der Waals surface area contributed by atoms with Gasteiger partial charge in [-0.1, -0.05) is 0 Å². The molecule has 1 atom stereocenters. The van der Waals surface area contributed by atoms with Gasteiger partial charge in [-0.05, 0) is 19.9 Å². The van der Waals surface area contributed by atoms with Gasteiger partial charge in [-0.15, -0.1) is 0 Å². The summed E-state index contributed by atoms with van der Waals surface area (Å²) >= 11 is 0. The van der Waals surface area contributed by atoms with Crippen molar-refractivity contribution in [3.8, 4) is 0 Å². The molecule has 1 aliphatic heterocycles. The molecule has 0 saturated carbocycles. The van der Waals surface area contributed by atoms with E-state index in [9.17, 15) is 13.2 Å². The highest BCUT2D eigenvalue weighted by Crippen LogP contribution is 2.25. The molecule has 0 aliphatic carbocycles. The Bertz CT molecular complexity index is 491. The van der Waals surface area contributed by atoms with E-state index in [2.05, 4.69) is 20.5 Å². The molecule has 2 heterocycles. The van der Waals surface area contributed by atoms with Gasteiger partial charge in [0.2, 0.25) is 0 Å². The average Bonchev–Trinajstić information content (AvgIpc) is 3.03. The summed E-state index contributed by atoms with van der Waals surface area (Å²) < 4.78 is 38.4. The molecule has 0 spiro atoms. The van der Waals surface area contributed by atoms with Crippen LogP contribution in [0.3, 0.4) is 0 Å². The number of alkyl halides is 3. The lowest BCUT2D eigenvalue weighted by Crippen LogP contribution is -2.56. The minimum absolute atomic E-state index is 0.370. The van der Waals surface area contributed by atoms with Crippen LogP contribution in [0.25, 0.3) is 0 Å². The number of nitrogens with one attached hydrogen (secondary N) is 2. The maximum Gasteiger partial charge on any atom is 0.403 e. The molecule has 1 aliphatic rings. The Labute approximate surface area is 133 Å². The van der Waals surface area contributed by atoms with Crippen LogP contribution in [0.15, 0.2) is 17.3 Å². The second-order valence-electron chi connectivity index (χ2n) is 5.49. The number of guanidine groups is 1. The van der Waals surface area contributed by atoms with E-state index in [4.69, 9.17) is 0 Å². The van der Waals surface area contributed by atoms with Gasteiger partial charge in [-0.25, -0.2) is 4.99 Å². The number of aliphatic imine (C=N–C) groups is 1. The van der Waals surface area contributed by atoms with Crippen molar-refractivity contribution in [2.45, 2.75) is 32.6 Å². The van der Waals surface area contributed by atoms with Gasteiger partial charge in [0.1, 0.15) is 6.04 Å². The van der Waals surface area contributed by atoms with E-state index >= 15 is 0 Å². The molecule has 1 aromatic rings. The highest BCUT2D eigenvalue weighted by atomic mass is 19.4. The number of hydrogen-bond acceptors (Lipinski definition) is 3. The summed E-state index contributed by atoms with van der Waals surface area (Å²) in [5.74, 6) is 0.724. The minimum Gasteiger partial charge on any atom is -0.357 e. The predicted octanol–water partition coefficient (Wildman–Crippen LogP) is 1.44. The van der Waals surface area contributed by atoms with Crippen molar-refractivity contribution in [3.05, 3.63) is 18.0 Å². The number of halogens is 3. The van der Waals surface area contributed by atoms with E-state index in [0.29, 0.717) is 39.3 Å². The van der Waals surface area contributed by atoms with Crippen molar-refractivity contribution in [3.63, 3.8) is 0 Å². The van der Waals surface area contributed by atoms with Crippen LogP contribution in [0.4, 0.5) is 13.2 Å². The minimum atomic E-state index is -4.18. The van der Waals surface area contributed by atoms with Crippen molar-refractivity contribution in [2.75, 3.05) is 32.7 Å². The van der Waals surface area contributed by atoms with Gasteiger partial charge in [0.05, 0.1) is 12.2 Å². The molecule has 2 N–H and O–H groups in total. The third-order valence-electron chi connectivity index (χ3n) is 3.93. The quantitative estimate of drug-likeness (QED) is 0.647. The number of rotatable bonds is 4. The molecule has 6 nitrogen and oxygen atoms in total. The highest BCUT2D eigenvalue weighted by molar-refractivity contribution is 5.80. The largest absolute Gasteiger partial charge is 0.403 e. The van der Waals surface area contributed by atoms with E-state index in [1.165, 1.54) is 11.8 Å². The zero-order valence-corrected chi connectivity index (χ0v) is 13.4. The zero-order chi connectivity index (χ0) is 16.9. The van der Waals surface area contributed by atoms with Crippen LogP contribution in [0.1, 0.15) is 19.5 Å². The maximum absolute atomic E-state index is 12.8. The summed E-state index contributed by atoms with van der Waals surface area (Å²) in [4.78, 5) is 7.98. The average molecular weight is 332 g/mol. The first-order valence-corrected chi connectivity index (χ1v) is 7.74. The van der Waals surface area contributed by atoms with Gasteiger partial charge in [-0.3, -0.25) is 10.00 Å². The molecule has 9 heteroatoms. The summed E-state index contributed by atoms with van der Waals surface area (Å²) in [6.45, 7) is 6.14. The first-order chi connectivity index (χ1) is 10.9. The molecule has 2 rings (SSSR count). The van der Waals surface area contributed by atoms with E-state index < -0.39 is 12.2 Å². The van der Waals surface area contributed by atoms with Crippen LogP contribution in [-0.2, 0) is 6.54 Å². The highest BCUT2D eigenvalue weighted by Gasteiger charge is 2.41. The summed E-state index contributed by atoms with van der Waals surface area (Å²) in [6, 6.07) is 0.435. The third kappa shape index (κ3) is 4.85. The predicted molar refractivity (Wildman–Crippen MR) is 82.1 cm³/mol. The molecule has 0 amide bonds. The lowest BCUT2D eigenvalue weighted by molar-refractivity contribution is -0.181. The first kappa shape index (κ1) is 17.6. The number of nitrogens with zero attached hydrogens (tertiary/aromatic N) is 4. The number of H-pyrrole nitrogens is 1. The zero-order valence-electron chi connectivity index (χ0n) is 13.4. The van der Waals surface area contributed by atoms with E-state index in [-0.39, 0.29) is 0 Å². The Balaban J connectivity index is 1.93. The molecule has 0 radical (unpaired) electrons. The number of hydrogen-bond donors (Lipinski definition) is 2. The summed E-state index contributed by atoms with van der Waals surface area (Å²) in [6.07, 6.45) is -2.52. The number of piperazine rings is 1. The standard InChI is InChI=1S/C14H23F3N6/c1-3-18-13(19-10-12-4-5-20-21-12)23-8-6-22(7-9-23)11(2)14(15,16)17/h4-5,11H,3,6-10H2,1-2H3,(H,18,19)(H,20,21). The van der Waals surface area contributed by atoms with Crippen LogP contribution in [0, 0.1) is 0 Å². The Morgan fingerprint density at radius 2 is 2.09 bits per heavy atom. The molecule has 0 aromatic carbocycles. The Hall–Kier alpha value is -1.77. The molecular formula is C14H23F3N6. The molecular weight excluding hydrogens is 309 g/mol. The molecule has 0 bridgehead atoms. The van der Waals surface area contributed by atoms with Gasteiger partial charge in [0.15, 0.2) is 5.96 Å². The van der Waals surface area contributed by atoms with Crippen LogP contribution in [0.5, 0.6) is 0 Å². The van der Waals surface area contributed by atoms with E-state index in [1.807, 2.05) is 17.9 Å². The van der Waals surface area contributed by atoms with E-state index in [1.54, 1.807) is 6.20 Å². The Kier molecular flexibility index (Phi) is 5.86. The number of aromatic nitrogens is 2.